The van der Waals surface area contributed by atoms with Crippen LogP contribution in [-0.4, -0.2) is 35.5 Å². The topological polar surface area (TPSA) is 53.0 Å². The van der Waals surface area contributed by atoms with Crippen molar-refractivity contribution in [1.29, 1.82) is 0 Å². The normalized spacial score (nSPS) is 14.2. The molecule has 5 nitrogen and oxygen atoms in total. The molecule has 6 rings (SSSR count). The SMILES string of the molecule is O=C1c2ccccc2C(=O)N1CCCN1c2ccccc2N=C(c2cccc(Br)c2)c2ccccc21. The average Bonchev–Trinajstić information content (AvgIpc) is 3.06. The quantitative estimate of drug-likeness (QED) is 0.265. The zero-order valence-corrected chi connectivity index (χ0v) is 21.0. The first kappa shape index (κ1) is 22.4. The van der Waals surface area contributed by atoms with Gasteiger partial charge in [0.1, 0.15) is 0 Å². The number of benzene rings is 4. The van der Waals surface area contributed by atoms with E-state index in [1.807, 2.05) is 42.5 Å². The van der Waals surface area contributed by atoms with E-state index < -0.39 is 0 Å². The third-order valence-corrected chi connectivity index (χ3v) is 7.09. The molecule has 4 aromatic rings. The van der Waals surface area contributed by atoms with Gasteiger partial charge in [0.2, 0.25) is 0 Å². The summed E-state index contributed by atoms with van der Waals surface area (Å²) in [4.78, 5) is 34.4. The van der Waals surface area contributed by atoms with Gasteiger partial charge in [-0.2, -0.15) is 0 Å². The third kappa shape index (κ3) is 3.84. The molecule has 0 unspecified atom stereocenters. The molecular formula is C30H22BrN3O2. The maximum atomic E-state index is 12.8. The van der Waals surface area contributed by atoms with Crippen molar-refractivity contribution in [1.82, 2.24) is 4.90 Å². The van der Waals surface area contributed by atoms with Crippen LogP contribution < -0.4 is 4.90 Å². The van der Waals surface area contributed by atoms with Gasteiger partial charge in [-0.05, 0) is 48.9 Å². The van der Waals surface area contributed by atoms with Crippen LogP contribution in [0.25, 0.3) is 0 Å². The lowest BCUT2D eigenvalue weighted by molar-refractivity contribution is 0.0653. The standard InChI is InChI=1S/C30H22BrN3O2/c31-21-10-7-9-20(19-21)28-24-13-3-5-15-26(24)33(27-16-6-4-14-25(27)32-28)17-8-18-34-29(35)22-11-1-2-12-23(22)30(34)36/h1-7,9-16,19H,8,17-18H2. The predicted octanol–water partition coefficient (Wildman–Crippen LogP) is 6.76. The number of halogens is 1. The van der Waals surface area contributed by atoms with Crippen molar-refractivity contribution in [3.63, 3.8) is 0 Å². The highest BCUT2D eigenvalue weighted by Crippen LogP contribution is 2.40. The Morgan fingerprint density at radius 2 is 1.25 bits per heavy atom. The van der Waals surface area contributed by atoms with Crippen LogP contribution in [0, 0.1) is 0 Å². The number of fused-ring (bicyclic) bond motifs is 3. The van der Waals surface area contributed by atoms with Crippen LogP contribution in [0.2, 0.25) is 0 Å². The summed E-state index contributed by atoms with van der Waals surface area (Å²) in [5.41, 5.74) is 6.86. The Bertz CT molecular complexity index is 1510. The molecule has 2 aliphatic heterocycles. The van der Waals surface area contributed by atoms with Crippen LogP contribution in [0.4, 0.5) is 17.1 Å². The summed E-state index contributed by atoms with van der Waals surface area (Å²) in [5, 5.41) is 0. The largest absolute Gasteiger partial charge is 0.339 e. The number of rotatable bonds is 5. The Morgan fingerprint density at radius 3 is 1.97 bits per heavy atom. The molecule has 2 aliphatic rings. The monoisotopic (exact) mass is 535 g/mol. The molecule has 0 spiro atoms. The molecule has 0 radical (unpaired) electrons. The molecule has 0 saturated heterocycles. The minimum Gasteiger partial charge on any atom is -0.339 e. The molecule has 0 fully saturated rings. The Hall–Kier alpha value is -4.03. The van der Waals surface area contributed by atoms with Gasteiger partial charge in [0.25, 0.3) is 11.8 Å². The molecule has 0 aliphatic carbocycles. The van der Waals surface area contributed by atoms with E-state index in [-0.39, 0.29) is 11.8 Å². The van der Waals surface area contributed by atoms with Crippen LogP contribution >= 0.6 is 15.9 Å². The second kappa shape index (κ2) is 9.21. The van der Waals surface area contributed by atoms with Crippen molar-refractivity contribution < 1.29 is 9.59 Å². The second-order valence-electron chi connectivity index (χ2n) is 8.79. The highest BCUT2D eigenvalue weighted by atomic mass is 79.9. The summed E-state index contributed by atoms with van der Waals surface area (Å²) in [6, 6.07) is 31.6. The molecule has 176 valence electrons. The van der Waals surface area contributed by atoms with Gasteiger partial charge >= 0.3 is 0 Å². The third-order valence-electron chi connectivity index (χ3n) is 6.59. The summed E-state index contributed by atoms with van der Waals surface area (Å²) in [6.45, 7) is 0.981. The highest BCUT2D eigenvalue weighted by Gasteiger charge is 2.34. The molecule has 0 aromatic heterocycles. The van der Waals surface area contributed by atoms with E-state index in [2.05, 4.69) is 51.2 Å². The minimum absolute atomic E-state index is 0.215. The Kier molecular flexibility index (Phi) is 5.74. The maximum absolute atomic E-state index is 12.8. The fraction of sp³-hybridized carbons (Fsp3) is 0.100. The van der Waals surface area contributed by atoms with Gasteiger partial charge in [-0.15, -0.1) is 0 Å². The minimum atomic E-state index is -0.215. The number of anilines is 2. The first-order chi connectivity index (χ1) is 17.6. The number of hydrogen-bond acceptors (Lipinski definition) is 4. The Morgan fingerprint density at radius 1 is 0.639 bits per heavy atom. The number of hydrogen-bond donors (Lipinski definition) is 0. The number of carbonyl (C=O) groups is 2. The van der Waals surface area contributed by atoms with E-state index in [0.717, 1.165) is 38.4 Å². The van der Waals surface area contributed by atoms with Crippen molar-refractivity contribution in [3.8, 4) is 0 Å². The van der Waals surface area contributed by atoms with E-state index in [9.17, 15) is 9.59 Å². The molecule has 6 heteroatoms. The predicted molar refractivity (Wildman–Crippen MR) is 146 cm³/mol. The Labute approximate surface area is 217 Å². The lowest BCUT2D eigenvalue weighted by atomic mass is 10.00. The zero-order valence-electron chi connectivity index (χ0n) is 19.4. The number of carbonyl (C=O) groups excluding carboxylic acids is 2. The fourth-order valence-corrected chi connectivity index (χ4v) is 5.33. The van der Waals surface area contributed by atoms with Crippen LogP contribution in [0.15, 0.2) is 107 Å². The summed E-state index contributed by atoms with van der Waals surface area (Å²) in [5.74, 6) is -0.430. The van der Waals surface area contributed by atoms with Gasteiger partial charge in [0.05, 0.1) is 33.9 Å². The molecule has 0 N–H and O–H groups in total. The summed E-state index contributed by atoms with van der Waals surface area (Å²) in [7, 11) is 0. The molecule has 4 aromatic carbocycles. The first-order valence-electron chi connectivity index (χ1n) is 11.9. The van der Waals surface area contributed by atoms with E-state index >= 15 is 0 Å². The number of nitrogens with zero attached hydrogens (tertiary/aromatic N) is 3. The van der Waals surface area contributed by atoms with Crippen LogP contribution in [0.1, 0.15) is 38.3 Å². The average molecular weight is 536 g/mol. The zero-order chi connectivity index (χ0) is 24.6. The second-order valence-corrected chi connectivity index (χ2v) is 9.71. The van der Waals surface area contributed by atoms with E-state index in [0.29, 0.717) is 30.6 Å². The number of aliphatic imine (C=N–C) groups is 1. The van der Waals surface area contributed by atoms with Crippen LogP contribution in [-0.2, 0) is 0 Å². The number of amides is 2. The fourth-order valence-electron chi connectivity index (χ4n) is 4.93. The molecule has 2 amide bonds. The summed E-state index contributed by atoms with van der Waals surface area (Å²) in [6.07, 6.45) is 0.625. The first-order valence-corrected chi connectivity index (χ1v) is 12.7. The van der Waals surface area contributed by atoms with E-state index in [1.54, 1.807) is 24.3 Å². The van der Waals surface area contributed by atoms with Crippen molar-refractivity contribution in [2.24, 2.45) is 4.99 Å². The number of imide groups is 1. The molecular weight excluding hydrogens is 514 g/mol. The van der Waals surface area contributed by atoms with Gasteiger partial charge in [-0.3, -0.25) is 14.5 Å². The van der Waals surface area contributed by atoms with E-state index in [1.165, 1.54) is 4.90 Å². The molecule has 0 bridgehead atoms. The van der Waals surface area contributed by atoms with E-state index in [4.69, 9.17) is 4.99 Å². The van der Waals surface area contributed by atoms with Gasteiger partial charge in [-0.25, -0.2) is 4.99 Å². The van der Waals surface area contributed by atoms with Gasteiger partial charge < -0.3 is 4.90 Å². The Balaban J connectivity index is 1.34. The molecule has 36 heavy (non-hydrogen) atoms. The lowest BCUT2D eigenvalue weighted by Crippen LogP contribution is -2.33. The van der Waals surface area contributed by atoms with Gasteiger partial charge in [-0.1, -0.05) is 70.5 Å². The molecule has 0 saturated carbocycles. The van der Waals surface area contributed by atoms with Crippen LogP contribution in [0.3, 0.4) is 0 Å². The highest BCUT2D eigenvalue weighted by molar-refractivity contribution is 9.10. The van der Waals surface area contributed by atoms with Crippen LogP contribution in [0.5, 0.6) is 0 Å². The van der Waals surface area contributed by atoms with Gasteiger partial charge in [0, 0.05) is 28.7 Å². The lowest BCUT2D eigenvalue weighted by Gasteiger charge is -2.27. The summed E-state index contributed by atoms with van der Waals surface area (Å²) < 4.78 is 0.996. The van der Waals surface area contributed by atoms with Crippen molar-refractivity contribution in [3.05, 3.63) is 124 Å². The van der Waals surface area contributed by atoms with Gasteiger partial charge in [0.15, 0.2) is 0 Å². The molecule has 0 atom stereocenters. The van der Waals surface area contributed by atoms with Crippen molar-refractivity contribution >= 4 is 50.5 Å². The number of para-hydroxylation sites is 3. The van der Waals surface area contributed by atoms with Crippen molar-refractivity contribution in [2.75, 3.05) is 18.0 Å². The maximum Gasteiger partial charge on any atom is 0.261 e. The molecule has 2 heterocycles. The summed E-state index contributed by atoms with van der Waals surface area (Å²) >= 11 is 3.59. The van der Waals surface area contributed by atoms with Crippen molar-refractivity contribution in [2.45, 2.75) is 6.42 Å². The smallest absolute Gasteiger partial charge is 0.261 e.